The van der Waals surface area contributed by atoms with E-state index in [0.717, 1.165) is 0 Å². The van der Waals surface area contributed by atoms with E-state index in [2.05, 4.69) is 9.47 Å². The Morgan fingerprint density at radius 2 is 0.755 bits per heavy atom. The van der Waals surface area contributed by atoms with Crippen molar-refractivity contribution in [3.8, 4) is 11.5 Å². The molecule has 0 unspecified atom stereocenters. The maximum atomic E-state index is 13.9. The summed E-state index contributed by atoms with van der Waals surface area (Å²) < 4.78 is 326. The van der Waals surface area contributed by atoms with E-state index in [0.29, 0.717) is 0 Å². The molecule has 0 radical (unpaired) electrons. The van der Waals surface area contributed by atoms with Crippen LogP contribution in [0.15, 0.2) is 18.2 Å². The zero-order valence-electron chi connectivity index (χ0n) is 22.0. The van der Waals surface area contributed by atoms with Gasteiger partial charge < -0.3 is 9.47 Å². The zero-order valence-corrected chi connectivity index (χ0v) is 22.0. The quantitative estimate of drug-likeness (QED) is 0.0899. The summed E-state index contributed by atoms with van der Waals surface area (Å²) in [5, 5.41) is 10.9. The SMILES string of the molecule is O=[N+]([O-])c1cc(OCC(F)(F)C(F)(F)C(F)(F)C(F)(F)C(F)(F)C(F)F)cc(OCC(F)(F)C(F)(F)C(F)(F)C(F)(F)C(F)(F)C(F)F)c1. The van der Waals surface area contributed by atoms with E-state index in [9.17, 15) is 115 Å². The maximum absolute atomic E-state index is 13.9. The van der Waals surface area contributed by atoms with Crippen molar-refractivity contribution < 1.29 is 120 Å². The van der Waals surface area contributed by atoms with Gasteiger partial charge >= 0.3 is 72.1 Å². The van der Waals surface area contributed by atoms with Crippen molar-refractivity contribution in [1.29, 1.82) is 0 Å². The van der Waals surface area contributed by atoms with Crippen molar-refractivity contribution in [2.24, 2.45) is 0 Å². The van der Waals surface area contributed by atoms with Crippen molar-refractivity contribution in [3.63, 3.8) is 0 Å². The number of hydrogen-bond donors (Lipinski definition) is 0. The second kappa shape index (κ2) is 12.7. The standard InChI is InChI=1S/C20H9F24NO4/c21-9(22)13(29,30)17(37,38)19(41,42)15(33,34)11(25,26)4-48-7-1-6(45(46)47)2-8(3-7)49-5-12(27,28)16(35,36)20(43,44)18(39,40)14(31,32)10(23)24/h1-3,9-10H,4-5H2. The van der Waals surface area contributed by atoms with Gasteiger partial charge in [0.1, 0.15) is 11.5 Å². The molecular formula is C20H9F24NO4. The summed E-state index contributed by atoms with van der Waals surface area (Å²) >= 11 is 0. The number of alkyl halides is 24. The second-order valence-corrected chi connectivity index (χ2v) is 9.20. The third-order valence-corrected chi connectivity index (χ3v) is 5.80. The van der Waals surface area contributed by atoms with Crippen LogP contribution in [0.5, 0.6) is 11.5 Å². The van der Waals surface area contributed by atoms with Crippen LogP contribution < -0.4 is 9.47 Å². The van der Waals surface area contributed by atoms with Gasteiger partial charge in [0.05, 0.1) is 17.1 Å². The van der Waals surface area contributed by atoms with Gasteiger partial charge in [-0.25, -0.2) is 17.6 Å². The number of nitro groups is 1. The van der Waals surface area contributed by atoms with Gasteiger partial charge in [-0.05, 0) is 0 Å². The predicted octanol–water partition coefficient (Wildman–Crippen LogP) is 9.24. The summed E-state index contributed by atoms with van der Waals surface area (Å²) in [5.74, 6) is -80.2. The Morgan fingerprint density at radius 3 is 0.980 bits per heavy atom. The van der Waals surface area contributed by atoms with Gasteiger partial charge in [-0.15, -0.1) is 0 Å². The fourth-order valence-electron chi connectivity index (χ4n) is 2.90. The normalized spacial score (nSPS) is 15.2. The van der Waals surface area contributed by atoms with Crippen LogP contribution in [0.3, 0.4) is 0 Å². The average Bonchev–Trinajstić information content (AvgIpc) is 2.93. The first kappa shape index (κ1) is 43.6. The van der Waals surface area contributed by atoms with Crippen molar-refractivity contribution in [2.45, 2.75) is 72.1 Å². The summed E-state index contributed by atoms with van der Waals surface area (Å²) in [6.07, 6.45) is -11.7. The van der Waals surface area contributed by atoms with E-state index in [-0.39, 0.29) is 12.1 Å². The van der Waals surface area contributed by atoms with Gasteiger partial charge in [-0.1, -0.05) is 0 Å². The van der Waals surface area contributed by atoms with Gasteiger partial charge in [-0.3, -0.25) is 10.1 Å². The molecule has 0 fully saturated rings. The third-order valence-electron chi connectivity index (χ3n) is 5.80. The van der Waals surface area contributed by atoms with Crippen LogP contribution in [0.2, 0.25) is 0 Å². The molecule has 0 amide bonds. The Labute approximate surface area is 251 Å². The van der Waals surface area contributed by atoms with Crippen LogP contribution in [-0.4, -0.2) is 90.2 Å². The van der Waals surface area contributed by atoms with E-state index in [1.54, 1.807) is 0 Å². The summed E-state index contributed by atoms with van der Waals surface area (Å²) in [6.45, 7) is -7.00. The summed E-state index contributed by atoms with van der Waals surface area (Å²) in [5.41, 5.74) is -1.79. The first-order valence-electron chi connectivity index (χ1n) is 11.2. The number of hydrogen-bond acceptors (Lipinski definition) is 4. The molecule has 0 saturated heterocycles. The molecule has 1 aromatic carbocycles. The molecular weight excluding hydrogens is 774 g/mol. The van der Waals surface area contributed by atoms with E-state index in [1.165, 1.54) is 0 Å². The Kier molecular flexibility index (Phi) is 11.3. The number of nitro benzene ring substituents is 1. The highest BCUT2D eigenvalue weighted by molar-refractivity contribution is 5.46. The molecule has 5 nitrogen and oxygen atoms in total. The highest BCUT2D eigenvalue weighted by Crippen LogP contribution is 2.59. The molecule has 0 aliphatic carbocycles. The van der Waals surface area contributed by atoms with Crippen LogP contribution in [0, 0.1) is 10.1 Å². The molecule has 0 N–H and O–H groups in total. The Hall–Kier alpha value is -3.46. The van der Waals surface area contributed by atoms with E-state index in [1.807, 2.05) is 0 Å². The highest BCUT2D eigenvalue weighted by atomic mass is 19.4. The summed E-state index contributed by atoms with van der Waals surface area (Å²) in [7, 11) is 0. The van der Waals surface area contributed by atoms with Gasteiger partial charge in [0.15, 0.2) is 13.2 Å². The molecule has 1 rings (SSSR count). The van der Waals surface area contributed by atoms with Gasteiger partial charge in [0.2, 0.25) is 0 Å². The van der Waals surface area contributed by atoms with Crippen molar-refractivity contribution in [2.75, 3.05) is 13.2 Å². The second-order valence-electron chi connectivity index (χ2n) is 9.20. The monoisotopic (exact) mass is 783 g/mol. The number of halogens is 24. The van der Waals surface area contributed by atoms with Crippen LogP contribution in [0.25, 0.3) is 0 Å². The first-order chi connectivity index (χ1) is 21.3. The summed E-state index contributed by atoms with van der Waals surface area (Å²) in [4.78, 5) is 9.16. The van der Waals surface area contributed by atoms with Gasteiger partial charge in [0, 0.05) is 6.07 Å². The summed E-state index contributed by atoms with van der Waals surface area (Å²) in [6, 6.07) is -1.07. The number of ether oxygens (including phenoxy) is 2. The minimum absolute atomic E-state index is 0.313. The lowest BCUT2D eigenvalue weighted by Crippen LogP contribution is -2.69. The predicted molar refractivity (Wildman–Crippen MR) is 106 cm³/mol. The van der Waals surface area contributed by atoms with Crippen LogP contribution in [-0.2, 0) is 0 Å². The topological polar surface area (TPSA) is 61.6 Å². The maximum Gasteiger partial charge on any atom is 0.384 e. The Balaban J connectivity index is 3.46. The van der Waals surface area contributed by atoms with E-state index >= 15 is 0 Å². The largest absolute Gasteiger partial charge is 0.487 e. The molecule has 0 aliphatic rings. The Morgan fingerprint density at radius 1 is 0.490 bits per heavy atom. The molecule has 49 heavy (non-hydrogen) atoms. The molecule has 0 spiro atoms. The smallest absolute Gasteiger partial charge is 0.384 e. The molecule has 0 saturated carbocycles. The third kappa shape index (κ3) is 6.84. The number of nitrogens with zero attached hydrogens (tertiary/aromatic N) is 1. The van der Waals surface area contributed by atoms with Crippen LogP contribution in [0.4, 0.5) is 111 Å². The molecule has 0 atom stereocenters. The number of benzene rings is 1. The molecule has 29 heteroatoms. The molecule has 0 heterocycles. The Bertz CT molecular complexity index is 1260. The fraction of sp³-hybridized carbons (Fsp3) is 0.700. The number of non-ortho nitro benzene ring substituents is 1. The average molecular weight is 783 g/mol. The van der Waals surface area contributed by atoms with Crippen LogP contribution >= 0.6 is 0 Å². The lowest BCUT2D eigenvalue weighted by atomic mass is 9.94. The molecule has 1 aromatic rings. The zero-order chi connectivity index (χ0) is 39.4. The molecule has 0 bridgehead atoms. The van der Waals surface area contributed by atoms with Gasteiger partial charge in [0.25, 0.3) is 5.69 Å². The minimum atomic E-state index is -8.08. The lowest BCUT2D eigenvalue weighted by molar-refractivity contribution is -0.414. The first-order valence-corrected chi connectivity index (χ1v) is 11.2. The molecule has 286 valence electrons. The van der Waals surface area contributed by atoms with Gasteiger partial charge in [-0.2, -0.15) is 87.8 Å². The van der Waals surface area contributed by atoms with E-state index < -0.39 is 113 Å². The molecule has 0 aliphatic heterocycles. The van der Waals surface area contributed by atoms with Crippen molar-refractivity contribution in [1.82, 2.24) is 0 Å². The van der Waals surface area contributed by atoms with Crippen LogP contribution in [0.1, 0.15) is 0 Å². The van der Waals surface area contributed by atoms with E-state index in [4.69, 9.17) is 0 Å². The number of rotatable bonds is 17. The fourth-order valence-corrected chi connectivity index (χ4v) is 2.90. The minimum Gasteiger partial charge on any atom is -0.487 e. The van der Waals surface area contributed by atoms with Crippen molar-refractivity contribution >= 4 is 5.69 Å². The molecule has 0 aromatic heterocycles. The highest BCUT2D eigenvalue weighted by Gasteiger charge is 2.89. The van der Waals surface area contributed by atoms with Crippen molar-refractivity contribution in [3.05, 3.63) is 28.3 Å². The lowest BCUT2D eigenvalue weighted by Gasteiger charge is -2.39.